The van der Waals surface area contributed by atoms with Crippen LogP contribution in [0.2, 0.25) is 0 Å². The van der Waals surface area contributed by atoms with Gasteiger partial charge in [-0.1, -0.05) is 44.2 Å². The molecule has 2 aromatic carbocycles. The Morgan fingerprint density at radius 3 is 2.60 bits per heavy atom. The molecule has 2 aromatic rings. The molecule has 2 aliphatic heterocycles. The van der Waals surface area contributed by atoms with Gasteiger partial charge in [-0.05, 0) is 92.5 Å². The van der Waals surface area contributed by atoms with Crippen molar-refractivity contribution in [3.05, 3.63) is 64.2 Å². The van der Waals surface area contributed by atoms with Crippen LogP contribution in [-0.2, 0) is 44.8 Å². The van der Waals surface area contributed by atoms with E-state index >= 15 is 0 Å². The van der Waals surface area contributed by atoms with Crippen LogP contribution in [-0.4, -0.2) is 49.4 Å². The summed E-state index contributed by atoms with van der Waals surface area (Å²) < 4.78 is 24.9. The Hall–Kier alpha value is -2.88. The number of amides is 1. The second kappa shape index (κ2) is 10.9. The Bertz CT molecular complexity index is 1420. The van der Waals surface area contributed by atoms with E-state index in [1.165, 1.54) is 11.1 Å². The van der Waals surface area contributed by atoms with Crippen LogP contribution in [0.15, 0.2) is 36.4 Å². The van der Waals surface area contributed by atoms with Crippen molar-refractivity contribution in [1.29, 1.82) is 0 Å². The number of methoxy groups -OCH3 is 1. The summed E-state index contributed by atoms with van der Waals surface area (Å²) in [4.78, 5) is 26.7. The van der Waals surface area contributed by atoms with Crippen LogP contribution in [0, 0.1) is 17.3 Å². The van der Waals surface area contributed by atoms with E-state index < -0.39 is 30.2 Å². The lowest BCUT2D eigenvalue weighted by molar-refractivity contribution is -0.199. The third-order valence-corrected chi connectivity index (χ3v) is 10.3. The molecule has 8 nitrogen and oxygen atoms in total. The van der Waals surface area contributed by atoms with Crippen LogP contribution in [0.3, 0.4) is 0 Å². The first-order chi connectivity index (χ1) is 20.3. The maximum Gasteiger partial charge on any atom is 0.482 e. The van der Waals surface area contributed by atoms with E-state index in [-0.39, 0.29) is 23.8 Å². The Balaban J connectivity index is 1.27. The lowest BCUT2D eigenvalue weighted by atomic mass is 9.43. The molecule has 0 aromatic heterocycles. The van der Waals surface area contributed by atoms with Gasteiger partial charge in [0.1, 0.15) is 16.9 Å². The van der Waals surface area contributed by atoms with Crippen LogP contribution < -0.4 is 15.4 Å². The minimum atomic E-state index is -0.645. The fourth-order valence-corrected chi connectivity index (χ4v) is 7.91. The Labute approximate surface area is 255 Å². The highest BCUT2D eigenvalue weighted by Crippen LogP contribution is 2.65. The molecule has 43 heavy (non-hydrogen) atoms. The largest absolute Gasteiger partial charge is 0.496 e. The molecule has 5 unspecified atom stereocenters. The monoisotopic (exact) mass is 588 g/mol. The van der Waals surface area contributed by atoms with E-state index in [2.05, 4.69) is 43.5 Å². The van der Waals surface area contributed by atoms with E-state index in [9.17, 15) is 9.59 Å². The van der Waals surface area contributed by atoms with Gasteiger partial charge >= 0.3 is 13.1 Å². The first kappa shape index (κ1) is 30.2. The van der Waals surface area contributed by atoms with Crippen molar-refractivity contribution in [3.63, 3.8) is 0 Å². The zero-order chi connectivity index (χ0) is 30.7. The molecular weight excluding hydrogens is 543 g/mol. The van der Waals surface area contributed by atoms with E-state index in [0.717, 1.165) is 37.1 Å². The molecule has 2 N–H and O–H groups in total. The fourth-order valence-electron chi connectivity index (χ4n) is 7.91. The smallest absolute Gasteiger partial charge is 0.482 e. The fraction of sp³-hybridized carbons (Fsp3) is 0.588. The SMILES string of the molecule is COc1c(CC(NC(=O)Cc2ccc3c(c2)CNC3)B2OC3CC4CC(C4(C)C)C3(C)O2)cccc1C(=O)OC(C)(C)C. The summed E-state index contributed by atoms with van der Waals surface area (Å²) in [7, 11) is 0.921. The summed E-state index contributed by atoms with van der Waals surface area (Å²) in [6.07, 6.45) is 2.70. The number of hydrogen-bond donors (Lipinski definition) is 2. The molecule has 4 fully saturated rings. The maximum absolute atomic E-state index is 13.6. The van der Waals surface area contributed by atoms with Crippen molar-refractivity contribution >= 4 is 19.0 Å². The minimum absolute atomic E-state index is 0.0205. The number of carbonyl (C=O) groups is 2. The van der Waals surface area contributed by atoms with Crippen molar-refractivity contribution in [2.75, 3.05) is 7.11 Å². The number of nitrogens with one attached hydrogen (secondary N) is 2. The summed E-state index contributed by atoms with van der Waals surface area (Å²) in [6, 6.07) is 11.7. The van der Waals surface area contributed by atoms with Gasteiger partial charge in [-0.3, -0.25) is 4.79 Å². The third kappa shape index (κ3) is 5.60. The molecule has 1 saturated heterocycles. The second-order valence-electron chi connectivity index (χ2n) is 14.6. The molecule has 0 spiro atoms. The average molecular weight is 589 g/mol. The van der Waals surface area contributed by atoms with Crippen LogP contribution in [0.25, 0.3) is 0 Å². The van der Waals surface area contributed by atoms with Crippen molar-refractivity contribution < 1.29 is 28.4 Å². The van der Waals surface area contributed by atoms with E-state index in [4.69, 9.17) is 18.8 Å². The predicted molar refractivity (Wildman–Crippen MR) is 165 cm³/mol. The van der Waals surface area contributed by atoms with Crippen molar-refractivity contribution in [3.8, 4) is 5.75 Å². The topological polar surface area (TPSA) is 95.1 Å². The molecule has 230 valence electrons. The van der Waals surface area contributed by atoms with E-state index in [1.807, 2.05) is 39.0 Å². The van der Waals surface area contributed by atoms with Crippen LogP contribution >= 0.6 is 0 Å². The van der Waals surface area contributed by atoms with Crippen molar-refractivity contribution in [2.45, 2.75) is 104 Å². The molecule has 0 radical (unpaired) electrons. The summed E-state index contributed by atoms with van der Waals surface area (Å²) in [5, 5.41) is 6.62. The number of ether oxygens (including phenoxy) is 2. The molecule has 9 heteroatoms. The zero-order valence-corrected chi connectivity index (χ0v) is 26.5. The molecule has 2 bridgehead atoms. The standard InChI is InChI=1S/C34H45BN2O6/c1-32(2,3)41-31(39)25-10-8-9-21(30(25)40-7)15-28(37-29(38)14-20-11-12-22-18-36-19-23(22)13-20)35-42-27-17-24-16-26(33(24,4)5)34(27,6)43-35/h8-13,24,26-28,36H,14-19H2,1-7H3,(H,37,38). The Morgan fingerprint density at radius 1 is 1.12 bits per heavy atom. The lowest BCUT2D eigenvalue weighted by Gasteiger charge is -2.64. The van der Waals surface area contributed by atoms with E-state index in [1.54, 1.807) is 13.2 Å². The number of fused-ring (bicyclic) bond motifs is 1. The van der Waals surface area contributed by atoms with Gasteiger partial charge in [0.2, 0.25) is 5.91 Å². The van der Waals surface area contributed by atoms with Crippen LogP contribution in [0.4, 0.5) is 0 Å². The van der Waals surface area contributed by atoms with Gasteiger partial charge in [-0.25, -0.2) is 4.79 Å². The highest BCUT2D eigenvalue weighted by Gasteiger charge is 2.68. The van der Waals surface area contributed by atoms with Crippen LogP contribution in [0.1, 0.15) is 87.0 Å². The van der Waals surface area contributed by atoms with Gasteiger partial charge in [-0.15, -0.1) is 0 Å². The molecule has 2 heterocycles. The summed E-state index contributed by atoms with van der Waals surface area (Å²) >= 11 is 0. The molecule has 7 rings (SSSR count). The van der Waals surface area contributed by atoms with Crippen molar-refractivity contribution in [2.24, 2.45) is 17.3 Å². The summed E-state index contributed by atoms with van der Waals surface area (Å²) in [5.41, 5.74) is 3.76. The van der Waals surface area contributed by atoms with Gasteiger partial charge in [0, 0.05) is 13.1 Å². The lowest BCUT2D eigenvalue weighted by Crippen LogP contribution is -2.65. The number of para-hydroxylation sites is 1. The number of hydrogen-bond acceptors (Lipinski definition) is 7. The maximum atomic E-state index is 13.6. The van der Waals surface area contributed by atoms with Gasteiger partial charge in [-0.2, -0.15) is 0 Å². The summed E-state index contributed by atoms with van der Waals surface area (Å²) in [5.74, 6) is 0.407. The predicted octanol–water partition coefficient (Wildman–Crippen LogP) is 4.79. The molecule has 3 saturated carbocycles. The van der Waals surface area contributed by atoms with Gasteiger partial charge in [0.25, 0.3) is 0 Å². The number of benzene rings is 2. The third-order valence-electron chi connectivity index (χ3n) is 10.3. The number of carbonyl (C=O) groups excluding carboxylic acids is 2. The number of rotatable bonds is 8. The van der Waals surface area contributed by atoms with Crippen molar-refractivity contribution in [1.82, 2.24) is 10.6 Å². The van der Waals surface area contributed by atoms with Gasteiger partial charge < -0.3 is 29.4 Å². The molecular formula is C34H45BN2O6. The summed E-state index contributed by atoms with van der Waals surface area (Å²) in [6.45, 7) is 14.1. The minimum Gasteiger partial charge on any atom is -0.496 e. The number of esters is 1. The molecule has 5 aliphatic rings. The average Bonchev–Trinajstić information content (AvgIpc) is 3.54. The Kier molecular flexibility index (Phi) is 7.67. The molecule has 1 amide bonds. The first-order valence-electron chi connectivity index (χ1n) is 15.6. The highest BCUT2D eigenvalue weighted by atomic mass is 16.7. The first-order valence-corrected chi connectivity index (χ1v) is 15.6. The van der Waals surface area contributed by atoms with Gasteiger partial charge in [0.05, 0.1) is 31.2 Å². The molecule has 3 aliphatic carbocycles. The van der Waals surface area contributed by atoms with Crippen LogP contribution in [0.5, 0.6) is 5.75 Å². The highest BCUT2D eigenvalue weighted by molar-refractivity contribution is 6.48. The molecule has 5 atom stereocenters. The zero-order valence-electron chi connectivity index (χ0n) is 26.5. The Morgan fingerprint density at radius 2 is 1.88 bits per heavy atom. The second-order valence-corrected chi connectivity index (χ2v) is 14.6. The quantitative estimate of drug-likeness (QED) is 0.338. The normalized spacial score (nSPS) is 27.5. The van der Waals surface area contributed by atoms with Gasteiger partial charge in [0.15, 0.2) is 0 Å². The van der Waals surface area contributed by atoms with E-state index in [0.29, 0.717) is 29.6 Å².